The van der Waals surface area contributed by atoms with Crippen molar-refractivity contribution in [2.75, 3.05) is 0 Å². The number of ether oxygens (including phenoxy) is 1. The lowest BCUT2D eigenvalue weighted by molar-refractivity contribution is -0.123. The fourth-order valence-corrected chi connectivity index (χ4v) is 3.63. The van der Waals surface area contributed by atoms with Crippen LogP contribution >= 0.6 is 0 Å². The molecule has 2 atom stereocenters. The molecule has 0 heterocycles. The first-order valence-corrected chi connectivity index (χ1v) is 11.3. The van der Waals surface area contributed by atoms with Crippen molar-refractivity contribution in [2.45, 2.75) is 96.7 Å². The summed E-state index contributed by atoms with van der Waals surface area (Å²) < 4.78 is 11.7. The van der Waals surface area contributed by atoms with Gasteiger partial charge in [-0.05, 0) is 45.3 Å². The molecule has 5 nitrogen and oxygen atoms in total. The summed E-state index contributed by atoms with van der Waals surface area (Å²) in [6.45, 7) is 16.3. The fourth-order valence-electron chi connectivity index (χ4n) is 2.27. The van der Waals surface area contributed by atoms with E-state index in [1.54, 1.807) is 0 Å². The minimum Gasteiger partial charge on any atom is -0.444 e. The van der Waals surface area contributed by atoms with Crippen LogP contribution in [-0.4, -0.2) is 37.9 Å². The summed E-state index contributed by atoms with van der Waals surface area (Å²) in [7, 11) is -2.01. The fraction of sp³-hybridized carbons (Fsp3) is 0.882. The summed E-state index contributed by atoms with van der Waals surface area (Å²) in [6, 6.07) is -0.170. The number of rotatable bonds is 3. The quantitative estimate of drug-likeness (QED) is 0.786. The molecular formula is C17H33NO4Si. The van der Waals surface area contributed by atoms with Gasteiger partial charge in [-0.1, -0.05) is 20.8 Å². The lowest BCUT2D eigenvalue weighted by atomic mass is 9.92. The van der Waals surface area contributed by atoms with Crippen LogP contribution in [0.5, 0.6) is 0 Å². The number of amides is 1. The molecule has 23 heavy (non-hydrogen) atoms. The van der Waals surface area contributed by atoms with E-state index < -0.39 is 20.0 Å². The van der Waals surface area contributed by atoms with Gasteiger partial charge in [0.05, 0.1) is 12.1 Å². The number of Topliss-reactive ketones (excluding diaryl/α,β-unsaturated/α-hetero) is 1. The van der Waals surface area contributed by atoms with Gasteiger partial charge in [0.15, 0.2) is 8.32 Å². The van der Waals surface area contributed by atoms with Crippen molar-refractivity contribution in [3.05, 3.63) is 0 Å². The first-order chi connectivity index (χ1) is 10.2. The van der Waals surface area contributed by atoms with Gasteiger partial charge in [0.2, 0.25) is 0 Å². The predicted molar refractivity (Wildman–Crippen MR) is 94.1 cm³/mol. The van der Waals surface area contributed by atoms with Gasteiger partial charge >= 0.3 is 6.09 Å². The third-order valence-corrected chi connectivity index (χ3v) is 9.07. The molecular weight excluding hydrogens is 310 g/mol. The van der Waals surface area contributed by atoms with Gasteiger partial charge in [-0.25, -0.2) is 4.79 Å². The molecule has 0 aliphatic heterocycles. The van der Waals surface area contributed by atoms with Crippen LogP contribution in [0, 0.1) is 0 Å². The highest BCUT2D eigenvalue weighted by Gasteiger charge is 2.42. The van der Waals surface area contributed by atoms with Crippen LogP contribution in [0.25, 0.3) is 0 Å². The largest absolute Gasteiger partial charge is 0.444 e. The molecule has 0 aromatic carbocycles. The first-order valence-electron chi connectivity index (χ1n) is 8.40. The Hall–Kier alpha value is -0.883. The van der Waals surface area contributed by atoms with Crippen molar-refractivity contribution in [3.8, 4) is 0 Å². The maximum absolute atomic E-state index is 12.1. The average molecular weight is 344 g/mol. The Morgan fingerprint density at radius 2 is 1.74 bits per heavy atom. The zero-order chi connectivity index (χ0) is 18.1. The molecule has 0 unspecified atom stereocenters. The van der Waals surface area contributed by atoms with Crippen LogP contribution in [0.15, 0.2) is 0 Å². The van der Waals surface area contributed by atoms with Crippen LogP contribution in [0.3, 0.4) is 0 Å². The number of ketones is 1. The van der Waals surface area contributed by atoms with Crippen LogP contribution in [0.2, 0.25) is 18.1 Å². The molecule has 1 saturated carbocycles. The van der Waals surface area contributed by atoms with Gasteiger partial charge in [0.1, 0.15) is 11.4 Å². The SMILES string of the molecule is CC(C)(C)OC(=O)N[C@@H]1CCC(=O)C[C@H]1O[Si](C)(C)C(C)(C)C. The zero-order valence-corrected chi connectivity index (χ0v) is 16.9. The predicted octanol–water partition coefficient (Wildman–Crippen LogP) is 4.02. The minimum absolute atomic E-state index is 0.0595. The van der Waals surface area contributed by atoms with Crippen molar-refractivity contribution < 1.29 is 18.8 Å². The van der Waals surface area contributed by atoms with Crippen molar-refractivity contribution in [3.63, 3.8) is 0 Å². The number of alkyl carbamates (subject to hydrolysis) is 1. The second-order valence-corrected chi connectivity index (χ2v) is 13.7. The van der Waals surface area contributed by atoms with E-state index in [0.29, 0.717) is 19.3 Å². The van der Waals surface area contributed by atoms with Gasteiger partial charge in [-0.2, -0.15) is 0 Å². The van der Waals surface area contributed by atoms with E-state index in [9.17, 15) is 9.59 Å². The second kappa shape index (κ2) is 6.93. The topological polar surface area (TPSA) is 64.6 Å². The van der Waals surface area contributed by atoms with Crippen LogP contribution in [0.1, 0.15) is 60.8 Å². The molecule has 0 aromatic rings. The number of hydrogen-bond acceptors (Lipinski definition) is 4. The lowest BCUT2D eigenvalue weighted by Crippen LogP contribution is -2.54. The smallest absolute Gasteiger partial charge is 0.407 e. The third-order valence-electron chi connectivity index (χ3n) is 4.57. The monoisotopic (exact) mass is 343 g/mol. The summed E-state index contributed by atoms with van der Waals surface area (Å²) in [4.78, 5) is 23.9. The van der Waals surface area contributed by atoms with Gasteiger partial charge in [-0.3, -0.25) is 4.79 Å². The number of carbonyl (C=O) groups excluding carboxylic acids is 2. The second-order valence-electron chi connectivity index (χ2n) is 8.95. The van der Waals surface area contributed by atoms with E-state index in [2.05, 4.69) is 39.2 Å². The van der Waals surface area contributed by atoms with E-state index in [1.165, 1.54) is 0 Å². The highest BCUT2D eigenvalue weighted by Crippen LogP contribution is 2.38. The summed E-state index contributed by atoms with van der Waals surface area (Å²) in [5.74, 6) is 0.205. The Morgan fingerprint density at radius 1 is 1.17 bits per heavy atom. The van der Waals surface area contributed by atoms with Crippen molar-refractivity contribution in [1.29, 1.82) is 0 Å². The van der Waals surface area contributed by atoms with Gasteiger partial charge in [-0.15, -0.1) is 0 Å². The normalized spacial score (nSPS) is 23.6. The molecule has 6 heteroatoms. The Kier molecular flexibility index (Phi) is 6.07. The summed E-state index contributed by atoms with van der Waals surface area (Å²) in [6.07, 6.45) is 0.757. The molecule has 1 amide bonds. The molecule has 0 spiro atoms. The Morgan fingerprint density at radius 3 is 2.22 bits per heavy atom. The molecule has 0 saturated heterocycles. The molecule has 1 aliphatic carbocycles. The van der Waals surface area contributed by atoms with E-state index in [0.717, 1.165) is 0 Å². The molecule has 134 valence electrons. The number of carbonyl (C=O) groups is 2. The molecule has 0 aromatic heterocycles. The van der Waals surface area contributed by atoms with Gasteiger partial charge in [0.25, 0.3) is 0 Å². The number of nitrogens with one attached hydrogen (secondary N) is 1. The van der Waals surface area contributed by atoms with E-state index in [1.807, 2.05) is 20.8 Å². The maximum Gasteiger partial charge on any atom is 0.407 e. The molecule has 1 aliphatic rings. The highest BCUT2D eigenvalue weighted by atomic mass is 28.4. The van der Waals surface area contributed by atoms with Gasteiger partial charge < -0.3 is 14.5 Å². The van der Waals surface area contributed by atoms with Crippen molar-refractivity contribution in [1.82, 2.24) is 5.32 Å². The average Bonchev–Trinajstić information content (AvgIpc) is 2.28. The summed E-state index contributed by atoms with van der Waals surface area (Å²) in [5, 5.41) is 2.96. The zero-order valence-electron chi connectivity index (χ0n) is 15.9. The van der Waals surface area contributed by atoms with Crippen molar-refractivity contribution >= 4 is 20.2 Å². The van der Waals surface area contributed by atoms with Crippen LogP contribution < -0.4 is 5.32 Å². The lowest BCUT2D eigenvalue weighted by Gasteiger charge is -2.42. The van der Waals surface area contributed by atoms with Crippen LogP contribution in [-0.2, 0) is 14.0 Å². The molecule has 1 fully saturated rings. The van der Waals surface area contributed by atoms with E-state index in [4.69, 9.17) is 9.16 Å². The van der Waals surface area contributed by atoms with E-state index >= 15 is 0 Å². The first kappa shape index (κ1) is 20.2. The van der Waals surface area contributed by atoms with E-state index in [-0.39, 0.29) is 23.0 Å². The highest BCUT2D eigenvalue weighted by molar-refractivity contribution is 6.74. The molecule has 0 radical (unpaired) electrons. The third kappa shape index (κ3) is 6.26. The Balaban J connectivity index is 2.80. The van der Waals surface area contributed by atoms with Crippen molar-refractivity contribution in [2.24, 2.45) is 0 Å². The Bertz CT molecular complexity index is 448. The standard InChI is InChI=1S/C17H33NO4Si/c1-16(2,3)21-15(20)18-13-10-9-12(19)11-14(13)22-23(7,8)17(4,5)6/h13-14H,9-11H2,1-8H3,(H,18,20)/t13-,14-/m1/s1. The summed E-state index contributed by atoms with van der Waals surface area (Å²) >= 11 is 0. The molecule has 0 bridgehead atoms. The van der Waals surface area contributed by atoms with Gasteiger partial charge in [0, 0.05) is 12.8 Å². The minimum atomic E-state index is -2.01. The molecule has 1 rings (SSSR count). The Labute approximate surface area is 141 Å². The summed E-state index contributed by atoms with van der Waals surface area (Å²) in [5.41, 5.74) is -0.537. The number of hydrogen-bond donors (Lipinski definition) is 1. The molecule has 1 N–H and O–H groups in total. The maximum atomic E-state index is 12.1. The van der Waals surface area contributed by atoms with Crippen LogP contribution in [0.4, 0.5) is 4.79 Å².